The van der Waals surface area contributed by atoms with Crippen molar-refractivity contribution < 1.29 is 33.5 Å². The Balaban J connectivity index is 3.08. The van der Waals surface area contributed by atoms with Crippen LogP contribution in [0.4, 0.5) is 0 Å². The van der Waals surface area contributed by atoms with Gasteiger partial charge in [0.2, 0.25) is 0 Å². The van der Waals surface area contributed by atoms with E-state index in [0.29, 0.717) is 6.42 Å². The molecule has 0 bridgehead atoms. The third-order valence-corrected chi connectivity index (χ3v) is 3.92. The molecule has 0 unspecified atom stereocenters. The van der Waals surface area contributed by atoms with Gasteiger partial charge >= 0.3 is 0 Å². The number of methoxy groups -OCH3 is 3. The molecule has 1 aliphatic rings. The fourth-order valence-electron chi connectivity index (χ4n) is 3.03. The molecule has 10 nitrogen and oxygen atoms in total. The molecule has 10 heteroatoms. The molecular formula is C14H27N3O7. The summed E-state index contributed by atoms with van der Waals surface area (Å²) in [6, 6.07) is 0. The molecule has 0 spiro atoms. The number of hydrogen-bond donors (Lipinski definition) is 1. The minimum absolute atomic E-state index is 0.00529. The summed E-state index contributed by atoms with van der Waals surface area (Å²) in [5, 5.41) is 14.5. The van der Waals surface area contributed by atoms with Crippen molar-refractivity contribution in [1.82, 2.24) is 0 Å². The number of nitrogens with zero attached hydrogens (tertiary/aromatic N) is 3. The zero-order chi connectivity index (χ0) is 18.0. The third-order valence-electron chi connectivity index (χ3n) is 3.92. The average molecular weight is 349 g/mol. The van der Waals surface area contributed by atoms with Gasteiger partial charge in [0.1, 0.15) is 32.6 Å². The van der Waals surface area contributed by atoms with Crippen molar-refractivity contribution in [2.75, 3.05) is 48.3 Å². The Hall–Kier alpha value is -0.970. The fraction of sp³-hybridized carbons (Fsp3) is 1.00. The van der Waals surface area contributed by atoms with Gasteiger partial charge < -0.3 is 33.5 Å². The molecule has 0 aromatic carbocycles. The van der Waals surface area contributed by atoms with E-state index >= 15 is 0 Å². The Morgan fingerprint density at radius 2 is 1.58 bits per heavy atom. The molecule has 5 atom stereocenters. The van der Waals surface area contributed by atoms with Crippen molar-refractivity contribution >= 4 is 0 Å². The molecule has 1 saturated carbocycles. The van der Waals surface area contributed by atoms with E-state index in [1.54, 1.807) is 0 Å². The summed E-state index contributed by atoms with van der Waals surface area (Å²) in [4.78, 5) is 2.73. The normalized spacial score (nSPS) is 33.2. The number of rotatable bonds is 11. The van der Waals surface area contributed by atoms with Crippen molar-refractivity contribution in [2.24, 2.45) is 11.0 Å². The summed E-state index contributed by atoms with van der Waals surface area (Å²) in [6.45, 7) is 1.78. The van der Waals surface area contributed by atoms with Gasteiger partial charge in [-0.3, -0.25) is 0 Å². The number of azide groups is 1. The first-order valence-corrected chi connectivity index (χ1v) is 7.59. The number of ether oxygens (including phenoxy) is 6. The zero-order valence-electron chi connectivity index (χ0n) is 14.6. The van der Waals surface area contributed by atoms with Gasteiger partial charge in [0.25, 0.3) is 0 Å². The van der Waals surface area contributed by atoms with E-state index in [1.165, 1.54) is 21.3 Å². The first-order chi connectivity index (χ1) is 11.5. The van der Waals surface area contributed by atoms with Crippen molar-refractivity contribution in [3.05, 3.63) is 10.4 Å². The molecule has 0 aliphatic heterocycles. The third kappa shape index (κ3) is 5.54. The largest absolute Gasteiger partial charge is 0.387 e. The molecular weight excluding hydrogens is 322 g/mol. The Labute approximate surface area is 141 Å². The highest BCUT2D eigenvalue weighted by molar-refractivity contribution is 5.04. The smallest absolute Gasteiger partial charge is 0.146 e. The van der Waals surface area contributed by atoms with E-state index in [0.717, 1.165) is 0 Å². The highest BCUT2D eigenvalue weighted by Gasteiger charge is 2.53. The van der Waals surface area contributed by atoms with E-state index in [-0.39, 0.29) is 32.8 Å². The Bertz CT molecular complexity index is 408. The van der Waals surface area contributed by atoms with Crippen molar-refractivity contribution in [3.63, 3.8) is 0 Å². The molecule has 0 heterocycles. The lowest BCUT2D eigenvalue weighted by atomic mass is 9.73. The first-order valence-electron chi connectivity index (χ1n) is 7.59. The standard InChI is InChI=1S/C14H27N3O7/c1-10-5-14(18,6-16-17-15)13(24-9-21-4)12(23-8-20-3)11(10)22-7-19-2/h10-13,18H,5-9H2,1-4H3/t10-,11-,12-,13+,14-/m1/s1. The Morgan fingerprint density at radius 1 is 1.04 bits per heavy atom. The highest BCUT2D eigenvalue weighted by atomic mass is 16.7. The van der Waals surface area contributed by atoms with Crippen LogP contribution in [0.5, 0.6) is 0 Å². The minimum Gasteiger partial charge on any atom is -0.387 e. The van der Waals surface area contributed by atoms with Crippen LogP contribution in [0.3, 0.4) is 0 Å². The van der Waals surface area contributed by atoms with Gasteiger partial charge in [0, 0.05) is 26.2 Å². The fourth-order valence-corrected chi connectivity index (χ4v) is 3.03. The molecule has 1 N–H and O–H groups in total. The van der Waals surface area contributed by atoms with Crippen LogP contribution in [0.25, 0.3) is 10.4 Å². The minimum atomic E-state index is -1.41. The summed E-state index contributed by atoms with van der Waals surface area (Å²) in [7, 11) is 4.49. The second-order valence-electron chi connectivity index (χ2n) is 5.74. The summed E-state index contributed by atoms with van der Waals surface area (Å²) in [6.07, 6.45) is -1.57. The van der Waals surface area contributed by atoms with Gasteiger partial charge in [-0.2, -0.15) is 0 Å². The second-order valence-corrected chi connectivity index (χ2v) is 5.74. The molecule has 0 radical (unpaired) electrons. The van der Waals surface area contributed by atoms with Crippen molar-refractivity contribution in [1.29, 1.82) is 0 Å². The molecule has 140 valence electrons. The van der Waals surface area contributed by atoms with Crippen LogP contribution in [0.1, 0.15) is 13.3 Å². The molecule has 0 saturated heterocycles. The first kappa shape index (κ1) is 21.1. The maximum absolute atomic E-state index is 11.0. The molecule has 24 heavy (non-hydrogen) atoms. The van der Waals surface area contributed by atoms with Gasteiger partial charge in [0.05, 0.1) is 18.2 Å². The van der Waals surface area contributed by atoms with Crippen LogP contribution in [0, 0.1) is 5.92 Å². The maximum atomic E-state index is 11.0. The van der Waals surface area contributed by atoms with Crippen LogP contribution < -0.4 is 0 Å². The summed E-state index contributed by atoms with van der Waals surface area (Å²) < 4.78 is 32.0. The molecule has 0 aromatic heterocycles. The predicted molar refractivity (Wildman–Crippen MR) is 83.0 cm³/mol. The monoisotopic (exact) mass is 349 g/mol. The molecule has 1 rings (SSSR count). The van der Waals surface area contributed by atoms with Crippen LogP contribution in [-0.4, -0.2) is 77.3 Å². The Morgan fingerprint density at radius 3 is 2.12 bits per heavy atom. The van der Waals surface area contributed by atoms with E-state index < -0.39 is 23.9 Å². The van der Waals surface area contributed by atoms with E-state index in [2.05, 4.69) is 10.0 Å². The summed E-state index contributed by atoms with van der Waals surface area (Å²) in [5.41, 5.74) is 7.20. The van der Waals surface area contributed by atoms with Gasteiger partial charge in [-0.05, 0) is 17.9 Å². The second kappa shape index (κ2) is 10.8. The van der Waals surface area contributed by atoms with E-state index in [1.807, 2.05) is 6.92 Å². The van der Waals surface area contributed by atoms with Crippen LogP contribution in [0.2, 0.25) is 0 Å². The van der Waals surface area contributed by atoms with Gasteiger partial charge in [-0.15, -0.1) is 0 Å². The molecule has 0 aromatic rings. The quantitative estimate of drug-likeness (QED) is 0.256. The number of hydrogen-bond acceptors (Lipinski definition) is 8. The SMILES string of the molecule is COCO[C@@H]1[C@H](OCOC)[C@H](C)C[C@@](O)(CN=[N+]=[N-])[C@H]1OCOC. The topological polar surface area (TPSA) is 124 Å². The van der Waals surface area contributed by atoms with Gasteiger partial charge in [0.15, 0.2) is 0 Å². The van der Waals surface area contributed by atoms with Crippen molar-refractivity contribution in [2.45, 2.75) is 37.3 Å². The predicted octanol–water partition coefficient (Wildman–Crippen LogP) is 1.03. The lowest BCUT2D eigenvalue weighted by Crippen LogP contribution is -2.64. The van der Waals surface area contributed by atoms with E-state index in [4.69, 9.17) is 34.0 Å². The summed E-state index contributed by atoms with van der Waals surface area (Å²) in [5.74, 6) is -0.0942. The van der Waals surface area contributed by atoms with Crippen LogP contribution in [0.15, 0.2) is 5.11 Å². The van der Waals surface area contributed by atoms with E-state index in [9.17, 15) is 5.11 Å². The maximum Gasteiger partial charge on any atom is 0.146 e. The lowest BCUT2D eigenvalue weighted by molar-refractivity contribution is -0.276. The van der Waals surface area contributed by atoms with Crippen molar-refractivity contribution in [3.8, 4) is 0 Å². The molecule has 0 amide bonds. The Kier molecular flexibility index (Phi) is 9.49. The average Bonchev–Trinajstić information content (AvgIpc) is 2.56. The summed E-state index contributed by atoms with van der Waals surface area (Å²) >= 11 is 0. The van der Waals surface area contributed by atoms with Gasteiger partial charge in [-0.25, -0.2) is 0 Å². The zero-order valence-corrected chi connectivity index (χ0v) is 14.6. The van der Waals surface area contributed by atoms with Gasteiger partial charge in [-0.1, -0.05) is 12.0 Å². The number of aliphatic hydroxyl groups is 1. The highest BCUT2D eigenvalue weighted by Crippen LogP contribution is 2.38. The molecule has 1 aliphatic carbocycles. The van der Waals surface area contributed by atoms with Crippen LogP contribution in [-0.2, 0) is 28.4 Å². The lowest BCUT2D eigenvalue weighted by Gasteiger charge is -2.49. The van der Waals surface area contributed by atoms with Crippen LogP contribution >= 0.6 is 0 Å². The molecule has 1 fully saturated rings.